The van der Waals surface area contributed by atoms with E-state index in [9.17, 15) is 18.3 Å². The number of methoxy groups -OCH3 is 1. The number of nitrogens with zero attached hydrogens (tertiary/aromatic N) is 4. The molecule has 0 radical (unpaired) electrons. The van der Waals surface area contributed by atoms with Gasteiger partial charge in [0, 0.05) is 37.0 Å². The number of pyridine rings is 1. The van der Waals surface area contributed by atoms with Crippen molar-refractivity contribution in [2.24, 2.45) is 5.92 Å². The molecule has 206 valence electrons. The Bertz CT molecular complexity index is 1430. The minimum absolute atomic E-state index is 0.139. The molecular weight excluding hydrogens is 533 g/mol. The highest BCUT2D eigenvalue weighted by molar-refractivity contribution is 7.21. The summed E-state index contributed by atoms with van der Waals surface area (Å²) in [4.78, 5) is 18.3. The van der Waals surface area contributed by atoms with Gasteiger partial charge in [-0.1, -0.05) is 0 Å². The van der Waals surface area contributed by atoms with Crippen LogP contribution in [0, 0.1) is 12.8 Å². The number of halogens is 3. The van der Waals surface area contributed by atoms with Gasteiger partial charge in [0.05, 0.1) is 29.3 Å². The summed E-state index contributed by atoms with van der Waals surface area (Å²) >= 11 is 1.53. The molecule has 13 heteroatoms. The van der Waals surface area contributed by atoms with Crippen molar-refractivity contribution in [3.63, 3.8) is 0 Å². The Morgan fingerprint density at radius 2 is 2.00 bits per heavy atom. The van der Waals surface area contributed by atoms with Crippen LogP contribution in [0.15, 0.2) is 36.7 Å². The largest absolute Gasteiger partial charge is 0.573 e. The molecule has 4 aromatic rings. The van der Waals surface area contributed by atoms with Crippen LogP contribution in [0.4, 0.5) is 24.9 Å². The van der Waals surface area contributed by atoms with Gasteiger partial charge < -0.3 is 25.2 Å². The zero-order chi connectivity index (χ0) is 27.6. The van der Waals surface area contributed by atoms with E-state index in [0.29, 0.717) is 23.0 Å². The highest BCUT2D eigenvalue weighted by Crippen LogP contribution is 2.38. The zero-order valence-electron chi connectivity index (χ0n) is 21.2. The summed E-state index contributed by atoms with van der Waals surface area (Å²) in [6.45, 7) is 2.24. The third kappa shape index (κ3) is 6.31. The molecule has 0 aliphatic heterocycles. The lowest BCUT2D eigenvalue weighted by Gasteiger charge is -2.19. The van der Waals surface area contributed by atoms with Crippen molar-refractivity contribution < 1.29 is 27.8 Å². The Morgan fingerprint density at radius 3 is 2.72 bits per heavy atom. The summed E-state index contributed by atoms with van der Waals surface area (Å²) in [7, 11) is 1.38. The minimum Gasteiger partial charge on any atom is -0.496 e. The smallest absolute Gasteiger partial charge is 0.496 e. The van der Waals surface area contributed by atoms with E-state index in [2.05, 4.69) is 25.3 Å². The standard InChI is InChI=1S/C26H27F3N6O3S/c1-14-22(24-34-19-12-30-8-7-21(19)39-24)23(33-17-5-3-15(9-17)13-36)35-25(32-14)31-11-16-4-6-18(10-20(16)37-2)38-26(27,28)29/h4,6-8,10,12,15,17,36H,3,5,9,11,13H2,1-2H3,(H2,31,32,33,35). The van der Waals surface area contributed by atoms with Gasteiger partial charge in [0.1, 0.15) is 27.8 Å². The number of fused-ring (bicyclic) bond motifs is 1. The summed E-state index contributed by atoms with van der Waals surface area (Å²) in [6.07, 6.45) is 1.31. The van der Waals surface area contributed by atoms with Gasteiger partial charge in [-0.2, -0.15) is 4.98 Å². The molecule has 1 aliphatic carbocycles. The van der Waals surface area contributed by atoms with Crippen LogP contribution >= 0.6 is 11.3 Å². The molecule has 0 spiro atoms. The molecule has 1 aromatic carbocycles. The molecule has 3 N–H and O–H groups in total. The molecule has 2 unspecified atom stereocenters. The molecule has 1 saturated carbocycles. The number of benzene rings is 1. The van der Waals surface area contributed by atoms with Crippen LogP contribution in [0.5, 0.6) is 11.5 Å². The molecule has 39 heavy (non-hydrogen) atoms. The van der Waals surface area contributed by atoms with Gasteiger partial charge in [-0.05, 0) is 50.3 Å². The van der Waals surface area contributed by atoms with Crippen LogP contribution in [0.1, 0.15) is 30.5 Å². The molecule has 0 amide bonds. The highest BCUT2D eigenvalue weighted by Gasteiger charge is 2.31. The lowest BCUT2D eigenvalue weighted by atomic mass is 10.1. The summed E-state index contributed by atoms with van der Waals surface area (Å²) < 4.78 is 48.1. The Hall–Kier alpha value is -3.71. The fraction of sp³-hybridized carbons (Fsp3) is 0.385. The molecule has 5 rings (SSSR count). The summed E-state index contributed by atoms with van der Waals surface area (Å²) in [5.41, 5.74) is 2.89. The first-order chi connectivity index (χ1) is 18.7. The second kappa shape index (κ2) is 11.2. The Labute approximate surface area is 226 Å². The normalized spacial score (nSPS) is 17.4. The first-order valence-electron chi connectivity index (χ1n) is 12.4. The number of hydrogen-bond acceptors (Lipinski definition) is 10. The van der Waals surface area contributed by atoms with E-state index in [0.717, 1.165) is 40.1 Å². The maximum Gasteiger partial charge on any atom is 0.573 e. The van der Waals surface area contributed by atoms with Crippen molar-refractivity contribution in [1.82, 2.24) is 19.9 Å². The molecule has 1 fully saturated rings. The van der Waals surface area contributed by atoms with Crippen LogP contribution < -0.4 is 20.1 Å². The lowest BCUT2D eigenvalue weighted by molar-refractivity contribution is -0.274. The highest BCUT2D eigenvalue weighted by atomic mass is 32.1. The Balaban J connectivity index is 1.43. The quantitative estimate of drug-likeness (QED) is 0.242. The Kier molecular flexibility index (Phi) is 7.71. The van der Waals surface area contributed by atoms with Gasteiger partial charge in [-0.25, -0.2) is 9.97 Å². The average Bonchev–Trinajstić information content (AvgIpc) is 3.53. The van der Waals surface area contributed by atoms with Gasteiger partial charge in [0.25, 0.3) is 0 Å². The number of nitrogens with one attached hydrogen (secondary N) is 2. The van der Waals surface area contributed by atoms with Crippen LogP contribution in [-0.4, -0.2) is 51.2 Å². The van der Waals surface area contributed by atoms with E-state index in [4.69, 9.17) is 14.7 Å². The fourth-order valence-corrected chi connectivity index (χ4v) is 5.74. The molecule has 3 heterocycles. The monoisotopic (exact) mass is 560 g/mol. The van der Waals surface area contributed by atoms with Gasteiger partial charge >= 0.3 is 6.36 Å². The van der Waals surface area contributed by atoms with E-state index in [1.54, 1.807) is 12.4 Å². The van der Waals surface area contributed by atoms with E-state index in [1.807, 2.05) is 13.0 Å². The molecule has 3 aromatic heterocycles. The van der Waals surface area contributed by atoms with E-state index in [1.165, 1.54) is 36.6 Å². The number of aromatic nitrogens is 4. The third-order valence-corrected chi connectivity index (χ3v) is 7.62. The summed E-state index contributed by atoms with van der Waals surface area (Å²) in [5.74, 6) is 1.09. The van der Waals surface area contributed by atoms with Crippen LogP contribution in [-0.2, 0) is 6.54 Å². The van der Waals surface area contributed by atoms with Crippen molar-refractivity contribution in [2.75, 3.05) is 24.4 Å². The van der Waals surface area contributed by atoms with Gasteiger partial charge in [0.15, 0.2) is 0 Å². The fourth-order valence-electron chi connectivity index (χ4n) is 4.71. The first kappa shape index (κ1) is 26.9. The van der Waals surface area contributed by atoms with Gasteiger partial charge in [-0.3, -0.25) is 4.98 Å². The van der Waals surface area contributed by atoms with Gasteiger partial charge in [-0.15, -0.1) is 24.5 Å². The van der Waals surface area contributed by atoms with E-state index >= 15 is 0 Å². The first-order valence-corrected chi connectivity index (χ1v) is 13.2. The number of aryl methyl sites for hydroxylation is 1. The second-order valence-corrected chi connectivity index (χ2v) is 10.3. The van der Waals surface area contributed by atoms with Crippen molar-refractivity contribution in [2.45, 2.75) is 45.1 Å². The minimum atomic E-state index is -4.79. The number of aliphatic hydroxyl groups excluding tert-OH is 1. The second-order valence-electron chi connectivity index (χ2n) is 9.30. The summed E-state index contributed by atoms with van der Waals surface area (Å²) in [5, 5.41) is 17.1. The number of alkyl halides is 3. The van der Waals surface area contributed by atoms with Crippen LogP contribution in [0.25, 0.3) is 20.8 Å². The topological polar surface area (TPSA) is 114 Å². The maximum absolute atomic E-state index is 12.6. The molecule has 9 nitrogen and oxygen atoms in total. The SMILES string of the molecule is COc1cc(OC(F)(F)F)ccc1CNc1nc(C)c(-c2nc3cnccc3s2)c(NC2CCC(CO)C2)n1. The third-order valence-electron chi connectivity index (χ3n) is 6.56. The Morgan fingerprint density at radius 1 is 1.15 bits per heavy atom. The summed E-state index contributed by atoms with van der Waals surface area (Å²) in [6, 6.07) is 5.97. The number of anilines is 2. The molecule has 0 bridgehead atoms. The molecular formula is C26H27F3N6O3S. The number of aliphatic hydroxyl groups is 1. The van der Waals surface area contributed by atoms with E-state index < -0.39 is 6.36 Å². The maximum atomic E-state index is 12.6. The number of hydrogen-bond donors (Lipinski definition) is 3. The lowest BCUT2D eigenvalue weighted by Crippen LogP contribution is -2.19. The van der Waals surface area contributed by atoms with Crippen LogP contribution in [0.2, 0.25) is 0 Å². The van der Waals surface area contributed by atoms with Gasteiger partial charge in [0.2, 0.25) is 5.95 Å². The van der Waals surface area contributed by atoms with Crippen molar-refractivity contribution >= 4 is 33.3 Å². The number of thiazole rings is 1. The zero-order valence-corrected chi connectivity index (χ0v) is 22.1. The van der Waals surface area contributed by atoms with E-state index in [-0.39, 0.29) is 36.6 Å². The molecule has 2 atom stereocenters. The predicted octanol–water partition coefficient (Wildman–Crippen LogP) is 5.55. The van der Waals surface area contributed by atoms with Crippen molar-refractivity contribution in [3.8, 4) is 22.1 Å². The van der Waals surface area contributed by atoms with Crippen molar-refractivity contribution in [1.29, 1.82) is 0 Å². The predicted molar refractivity (Wildman–Crippen MR) is 142 cm³/mol. The molecule has 0 saturated heterocycles. The van der Waals surface area contributed by atoms with Crippen LogP contribution in [0.3, 0.4) is 0 Å². The number of ether oxygens (including phenoxy) is 2. The van der Waals surface area contributed by atoms with Crippen molar-refractivity contribution in [3.05, 3.63) is 47.9 Å². The molecule has 1 aliphatic rings. The number of rotatable bonds is 9. The average molecular weight is 561 g/mol.